The maximum atomic E-state index is 12.6. The van der Waals surface area contributed by atoms with Crippen LogP contribution in [0, 0.1) is 10.1 Å². The van der Waals surface area contributed by atoms with Gasteiger partial charge in [0.25, 0.3) is 11.2 Å². The Labute approximate surface area is 258 Å². The van der Waals surface area contributed by atoms with Gasteiger partial charge in [-0.3, -0.25) is 33.5 Å². The normalized spacial score (nSPS) is 26.5. The number of aromatic nitrogens is 2. The molecule has 0 aliphatic carbocycles. The van der Waals surface area contributed by atoms with Crippen molar-refractivity contribution < 1.29 is 60.7 Å². The van der Waals surface area contributed by atoms with Gasteiger partial charge in [0.1, 0.15) is 18.3 Å². The highest BCUT2D eigenvalue weighted by molar-refractivity contribution is 7.68. The van der Waals surface area contributed by atoms with E-state index in [2.05, 4.69) is 13.6 Å². The Hall–Kier alpha value is -3.15. The Morgan fingerprint density at radius 2 is 1.54 bits per heavy atom. The highest BCUT2D eigenvalue weighted by Crippen LogP contribution is 2.68. The number of nitro groups is 1. The zero-order valence-electron chi connectivity index (χ0n) is 23.2. The number of hydrogen-bond donors (Lipinski definition) is 4. The Morgan fingerprint density at radius 1 is 0.870 bits per heavy atom. The minimum atomic E-state index is -5.74. The molecule has 3 aromatic rings. The first kappa shape index (κ1) is 34.2. The molecule has 0 amide bonds. The summed E-state index contributed by atoms with van der Waals surface area (Å²) in [5.74, 6) is 0. The molecule has 0 radical (unpaired) electrons. The zero-order chi connectivity index (χ0) is 33.3. The van der Waals surface area contributed by atoms with E-state index < -0.39 is 83.0 Å². The number of nitrogens with zero attached hydrogens (tertiary/aromatic N) is 2. The highest BCUT2D eigenvalue weighted by Gasteiger charge is 2.54. The van der Waals surface area contributed by atoms with Gasteiger partial charge >= 0.3 is 28.9 Å². The third kappa shape index (κ3) is 8.60. The fourth-order valence-corrected chi connectivity index (χ4v) is 8.92. The van der Waals surface area contributed by atoms with Crippen LogP contribution in [0.15, 0.2) is 76.4 Å². The average molecular weight is 705 g/mol. The Balaban J connectivity index is 1.25. The first-order valence-electron chi connectivity index (χ1n) is 13.2. The van der Waals surface area contributed by atoms with Crippen molar-refractivity contribution in [2.45, 2.75) is 43.4 Å². The molecule has 2 fully saturated rings. The van der Waals surface area contributed by atoms with Crippen LogP contribution in [-0.4, -0.2) is 60.4 Å². The van der Waals surface area contributed by atoms with Crippen LogP contribution < -0.4 is 11.2 Å². The number of ether oxygens (including phenoxy) is 3. The van der Waals surface area contributed by atoms with Crippen LogP contribution in [0.3, 0.4) is 0 Å². The predicted octanol–water partition coefficient (Wildman–Crippen LogP) is 2.33. The Bertz CT molecular complexity index is 1830. The maximum Gasteiger partial charge on any atom is 0.488 e. The number of phosphoric acid groups is 2. The van der Waals surface area contributed by atoms with E-state index in [4.69, 9.17) is 18.7 Å². The van der Waals surface area contributed by atoms with Gasteiger partial charge in [0.15, 0.2) is 12.5 Å². The number of phosphoric ester groups is 1. The smallest absolute Gasteiger partial charge is 0.346 e. The molecule has 0 saturated carbocycles. The van der Waals surface area contributed by atoms with E-state index in [9.17, 15) is 48.1 Å². The van der Waals surface area contributed by atoms with E-state index in [0.717, 1.165) is 46.7 Å². The monoisotopic (exact) mass is 705 g/mol. The lowest BCUT2D eigenvalue weighted by molar-refractivity contribution is -0.384. The second kappa shape index (κ2) is 13.5. The number of aromatic amines is 1. The summed E-state index contributed by atoms with van der Waals surface area (Å²) in [4.78, 5) is 66.4. The number of hydrogen-bond acceptors (Lipinski definition) is 13. The second-order valence-electron chi connectivity index (χ2n) is 10.0. The van der Waals surface area contributed by atoms with Crippen molar-refractivity contribution in [2.75, 3.05) is 6.61 Å². The molecule has 2 aromatic carbocycles. The van der Waals surface area contributed by atoms with E-state index in [1.165, 1.54) is 0 Å². The van der Waals surface area contributed by atoms with Crippen molar-refractivity contribution in [3.63, 3.8) is 0 Å². The first-order chi connectivity index (χ1) is 21.6. The van der Waals surface area contributed by atoms with Crippen molar-refractivity contribution in [1.82, 2.24) is 9.55 Å². The van der Waals surface area contributed by atoms with E-state index in [-0.39, 0.29) is 17.7 Å². The molecule has 0 bridgehead atoms. The average Bonchev–Trinajstić information content (AvgIpc) is 3.50. The van der Waals surface area contributed by atoms with Gasteiger partial charge < -0.3 is 28.9 Å². The molecule has 5 unspecified atom stereocenters. The molecule has 22 heteroatoms. The molecule has 5 rings (SSSR count). The van der Waals surface area contributed by atoms with Gasteiger partial charge in [0.2, 0.25) is 0 Å². The van der Waals surface area contributed by atoms with Crippen LogP contribution in [0.2, 0.25) is 0 Å². The number of rotatable bonds is 13. The van der Waals surface area contributed by atoms with Gasteiger partial charge in [0, 0.05) is 30.8 Å². The quantitative estimate of drug-likeness (QED) is 0.113. The maximum absolute atomic E-state index is 12.6. The SMILES string of the molecule is O=c1ccn([C@@H]2O[C@H](COP(=O)(O)OP(=O)(O)OP(=O)(O)Cc3ccc([N+](=O)[O-])cc3)C3OC(Cc4ccccc4)O[C@@H]32)c(=O)[nH]1. The first-order valence-corrected chi connectivity index (χ1v) is 17.9. The van der Waals surface area contributed by atoms with E-state index in [1.807, 2.05) is 18.2 Å². The summed E-state index contributed by atoms with van der Waals surface area (Å²) in [7, 11) is -16.3. The molecular formula is C24H26N3O16P3. The molecule has 19 nitrogen and oxygen atoms in total. The van der Waals surface area contributed by atoms with Gasteiger partial charge in [-0.05, 0) is 11.1 Å². The molecule has 8 atom stereocenters. The lowest BCUT2D eigenvalue weighted by Gasteiger charge is -2.22. The number of H-pyrrole nitrogens is 1. The minimum Gasteiger partial charge on any atom is -0.346 e. The zero-order valence-corrected chi connectivity index (χ0v) is 25.9. The molecule has 2 aliphatic rings. The number of nitrogens with one attached hydrogen (secondary N) is 1. The van der Waals surface area contributed by atoms with Crippen LogP contribution in [0.4, 0.5) is 5.69 Å². The van der Waals surface area contributed by atoms with Crippen molar-refractivity contribution in [3.8, 4) is 0 Å². The topological polar surface area (TPSA) is 265 Å². The van der Waals surface area contributed by atoms with Gasteiger partial charge in [-0.2, -0.15) is 4.31 Å². The third-order valence-electron chi connectivity index (χ3n) is 6.64. The second-order valence-corrected chi connectivity index (χ2v) is 15.0. The van der Waals surface area contributed by atoms with Gasteiger partial charge in [-0.1, -0.05) is 42.5 Å². The molecule has 2 aliphatic heterocycles. The van der Waals surface area contributed by atoms with Crippen LogP contribution in [0.1, 0.15) is 17.4 Å². The Morgan fingerprint density at radius 3 is 2.20 bits per heavy atom. The standard InChI is InChI=1S/C24H26N3O16P3/c28-19-10-11-26(24(29)25-19)23-22-21(40-20(41-22)12-15-4-2-1-3-5-15)18(39-23)13-38-45(34,35)43-46(36,37)42-44(32,33)14-16-6-8-17(9-7-16)27(30)31/h1-11,18,20-23H,12-14H2,(H,32,33)(H,34,35)(H,36,37)(H,25,28,29)/t18-,20?,21?,22+,23-/m1/s1. The number of nitro benzene ring substituents is 1. The highest BCUT2D eigenvalue weighted by atomic mass is 31.3. The van der Waals surface area contributed by atoms with Crippen molar-refractivity contribution in [2.24, 2.45) is 0 Å². The van der Waals surface area contributed by atoms with Gasteiger partial charge in [0.05, 0.1) is 17.7 Å². The molecule has 3 heterocycles. The number of non-ortho nitro benzene ring substituents is 1. The molecule has 0 spiro atoms. The Kier molecular flexibility index (Phi) is 10.1. The van der Waals surface area contributed by atoms with E-state index >= 15 is 0 Å². The largest absolute Gasteiger partial charge is 0.488 e. The predicted molar refractivity (Wildman–Crippen MR) is 153 cm³/mol. The van der Waals surface area contributed by atoms with Crippen LogP contribution in [0.5, 0.6) is 0 Å². The van der Waals surface area contributed by atoms with Crippen molar-refractivity contribution >= 4 is 28.9 Å². The fraction of sp³-hybridized carbons (Fsp3) is 0.333. The molecular weight excluding hydrogens is 679 g/mol. The minimum absolute atomic E-state index is 0.00769. The van der Waals surface area contributed by atoms with Crippen molar-refractivity contribution in [1.29, 1.82) is 0 Å². The summed E-state index contributed by atoms with van der Waals surface area (Å²) in [6, 6.07) is 14.4. The molecule has 248 valence electrons. The summed E-state index contributed by atoms with van der Waals surface area (Å²) in [6.45, 7) is -0.829. The van der Waals surface area contributed by atoms with Crippen LogP contribution in [-0.2, 0) is 53.6 Å². The molecule has 4 N–H and O–H groups in total. The number of benzene rings is 2. The lowest BCUT2D eigenvalue weighted by Crippen LogP contribution is -2.36. The van der Waals surface area contributed by atoms with Crippen LogP contribution >= 0.6 is 23.2 Å². The summed E-state index contributed by atoms with van der Waals surface area (Å²) >= 11 is 0. The summed E-state index contributed by atoms with van der Waals surface area (Å²) in [6.07, 6.45) is -4.72. The number of fused-ring (bicyclic) bond motifs is 1. The van der Waals surface area contributed by atoms with E-state index in [0.29, 0.717) is 0 Å². The summed E-state index contributed by atoms with van der Waals surface area (Å²) in [5, 5.41) is 10.8. The molecule has 1 aromatic heterocycles. The van der Waals surface area contributed by atoms with Gasteiger partial charge in [-0.25, -0.2) is 18.2 Å². The molecule has 2 saturated heterocycles. The summed E-state index contributed by atoms with van der Waals surface area (Å²) in [5.41, 5.74) is -0.975. The summed E-state index contributed by atoms with van der Waals surface area (Å²) < 4.78 is 69.6. The third-order valence-corrected chi connectivity index (χ3v) is 11.4. The fourth-order valence-electron chi connectivity index (χ4n) is 4.77. The lowest BCUT2D eigenvalue weighted by atomic mass is 10.1. The van der Waals surface area contributed by atoms with E-state index in [1.54, 1.807) is 12.1 Å². The van der Waals surface area contributed by atoms with Crippen molar-refractivity contribution in [3.05, 3.63) is 109 Å². The van der Waals surface area contributed by atoms with Crippen LogP contribution in [0.25, 0.3) is 0 Å². The molecule has 46 heavy (non-hydrogen) atoms. The van der Waals surface area contributed by atoms with Gasteiger partial charge in [-0.15, -0.1) is 0 Å².